The number of imidazole rings is 1. The first kappa shape index (κ1) is 15.1. The first-order valence-electron chi connectivity index (χ1n) is 6.38. The van der Waals surface area contributed by atoms with Gasteiger partial charge in [0, 0.05) is 11.1 Å². The SMILES string of the molecule is O=[N+]([O-])c1cn2c(n1)OC[C@H](Oc1cccc(C(F)(F)F)n1)C2. The lowest BCUT2D eigenvalue weighted by molar-refractivity contribution is -0.389. The Morgan fingerprint density at radius 3 is 2.87 bits per heavy atom. The van der Waals surface area contributed by atoms with Gasteiger partial charge in [0.15, 0.2) is 6.10 Å². The largest absolute Gasteiger partial charge is 0.469 e. The minimum atomic E-state index is -4.57. The fraction of sp³-hybridized carbons (Fsp3) is 0.333. The Balaban J connectivity index is 1.73. The molecular weight excluding hydrogens is 321 g/mol. The molecule has 0 bridgehead atoms. The molecule has 122 valence electrons. The lowest BCUT2D eigenvalue weighted by Gasteiger charge is -2.22. The summed E-state index contributed by atoms with van der Waals surface area (Å²) in [6.45, 7) is 0.139. The fourth-order valence-electron chi connectivity index (χ4n) is 2.04. The van der Waals surface area contributed by atoms with E-state index in [2.05, 4.69) is 9.97 Å². The molecule has 0 aromatic carbocycles. The van der Waals surface area contributed by atoms with E-state index in [0.717, 1.165) is 6.07 Å². The van der Waals surface area contributed by atoms with Crippen LogP contribution in [0.2, 0.25) is 0 Å². The van der Waals surface area contributed by atoms with Crippen molar-refractivity contribution in [2.24, 2.45) is 0 Å². The van der Waals surface area contributed by atoms with E-state index in [1.54, 1.807) is 0 Å². The molecule has 1 aliphatic heterocycles. The van der Waals surface area contributed by atoms with E-state index < -0.39 is 22.9 Å². The maximum atomic E-state index is 12.6. The van der Waals surface area contributed by atoms with E-state index >= 15 is 0 Å². The van der Waals surface area contributed by atoms with Gasteiger partial charge in [0.05, 0.1) is 6.54 Å². The Morgan fingerprint density at radius 2 is 2.17 bits per heavy atom. The van der Waals surface area contributed by atoms with Gasteiger partial charge < -0.3 is 19.6 Å². The van der Waals surface area contributed by atoms with Crippen molar-refractivity contribution < 1.29 is 27.6 Å². The molecule has 23 heavy (non-hydrogen) atoms. The van der Waals surface area contributed by atoms with E-state index in [9.17, 15) is 23.3 Å². The first-order chi connectivity index (χ1) is 10.8. The smallest absolute Gasteiger partial charge is 0.433 e. The summed E-state index contributed by atoms with van der Waals surface area (Å²) in [5.74, 6) is -0.579. The van der Waals surface area contributed by atoms with Crippen molar-refractivity contribution >= 4 is 5.82 Å². The van der Waals surface area contributed by atoms with Crippen LogP contribution in [0.4, 0.5) is 19.0 Å². The zero-order valence-electron chi connectivity index (χ0n) is 11.4. The van der Waals surface area contributed by atoms with Crippen molar-refractivity contribution in [3.63, 3.8) is 0 Å². The Hall–Kier alpha value is -2.85. The first-order valence-corrected chi connectivity index (χ1v) is 6.38. The second-order valence-electron chi connectivity index (χ2n) is 4.70. The summed E-state index contributed by atoms with van der Waals surface area (Å²) in [5.41, 5.74) is -1.06. The molecule has 1 aliphatic rings. The van der Waals surface area contributed by atoms with Gasteiger partial charge in [-0.2, -0.15) is 13.2 Å². The third-order valence-corrected chi connectivity index (χ3v) is 3.01. The Labute approximate surface area is 126 Å². The van der Waals surface area contributed by atoms with Gasteiger partial charge in [-0.15, -0.1) is 0 Å². The number of rotatable bonds is 3. The number of hydrogen-bond acceptors (Lipinski definition) is 6. The van der Waals surface area contributed by atoms with Crippen molar-refractivity contribution in [2.75, 3.05) is 6.61 Å². The van der Waals surface area contributed by atoms with Gasteiger partial charge in [0.25, 0.3) is 0 Å². The molecule has 0 radical (unpaired) electrons. The van der Waals surface area contributed by atoms with Crippen LogP contribution in [0.3, 0.4) is 0 Å². The lowest BCUT2D eigenvalue weighted by atomic mass is 10.3. The van der Waals surface area contributed by atoms with Gasteiger partial charge in [0.1, 0.15) is 18.5 Å². The molecule has 0 unspecified atom stereocenters. The Bertz CT molecular complexity index is 746. The number of aromatic nitrogens is 3. The summed E-state index contributed by atoms with van der Waals surface area (Å²) in [6, 6.07) is 3.37. The van der Waals surface area contributed by atoms with Crippen LogP contribution in [0.15, 0.2) is 24.4 Å². The van der Waals surface area contributed by atoms with E-state index in [1.165, 1.54) is 22.9 Å². The highest BCUT2D eigenvalue weighted by Gasteiger charge is 2.33. The summed E-state index contributed by atoms with van der Waals surface area (Å²) in [5, 5.41) is 10.6. The molecule has 0 spiro atoms. The highest BCUT2D eigenvalue weighted by molar-refractivity contribution is 5.22. The zero-order valence-corrected chi connectivity index (χ0v) is 11.4. The van der Waals surface area contributed by atoms with Crippen molar-refractivity contribution in [3.8, 4) is 11.9 Å². The van der Waals surface area contributed by atoms with Crippen LogP contribution in [0.5, 0.6) is 11.9 Å². The molecule has 0 amide bonds. The van der Waals surface area contributed by atoms with Gasteiger partial charge >= 0.3 is 18.0 Å². The van der Waals surface area contributed by atoms with Gasteiger partial charge in [0.2, 0.25) is 5.88 Å². The number of nitrogens with zero attached hydrogens (tertiary/aromatic N) is 4. The van der Waals surface area contributed by atoms with Gasteiger partial charge in [-0.25, -0.2) is 4.98 Å². The third-order valence-electron chi connectivity index (χ3n) is 3.01. The minimum absolute atomic E-state index is 0.00784. The summed E-state index contributed by atoms with van der Waals surface area (Å²) < 4.78 is 49.7. The van der Waals surface area contributed by atoms with Crippen LogP contribution >= 0.6 is 0 Å². The standard InChI is InChI=1S/C12H9F3N4O4/c13-12(14,15)8-2-1-3-10(16-8)23-7-4-18-5-9(19(20)21)17-11(18)22-6-7/h1-3,5,7H,4,6H2/t7-/m1/s1. The number of halogens is 3. The average molecular weight is 330 g/mol. The number of pyridine rings is 1. The highest BCUT2D eigenvalue weighted by Crippen LogP contribution is 2.29. The number of hydrogen-bond donors (Lipinski definition) is 0. The normalized spacial score (nSPS) is 17.3. The van der Waals surface area contributed by atoms with E-state index in [0.29, 0.717) is 0 Å². The predicted octanol–water partition coefficient (Wildman–Crippen LogP) is 2.05. The molecule has 8 nitrogen and oxygen atoms in total. The summed E-state index contributed by atoms with van der Waals surface area (Å²) in [7, 11) is 0. The van der Waals surface area contributed by atoms with Crippen LogP contribution in [-0.4, -0.2) is 32.2 Å². The summed E-state index contributed by atoms with van der Waals surface area (Å²) in [6.07, 6.45) is -4.04. The second-order valence-corrected chi connectivity index (χ2v) is 4.70. The molecule has 0 fully saturated rings. The average Bonchev–Trinajstić information content (AvgIpc) is 2.90. The monoisotopic (exact) mass is 330 g/mol. The van der Waals surface area contributed by atoms with E-state index in [-0.39, 0.29) is 30.9 Å². The second kappa shape index (κ2) is 5.41. The maximum Gasteiger partial charge on any atom is 0.433 e. The number of fused-ring (bicyclic) bond motifs is 1. The van der Waals surface area contributed by atoms with Crippen LogP contribution in [0, 0.1) is 10.1 Å². The van der Waals surface area contributed by atoms with Gasteiger partial charge in [-0.1, -0.05) is 6.07 Å². The molecule has 0 saturated carbocycles. The van der Waals surface area contributed by atoms with Crippen LogP contribution in [0.25, 0.3) is 0 Å². The van der Waals surface area contributed by atoms with Crippen molar-refractivity contribution in [3.05, 3.63) is 40.2 Å². The van der Waals surface area contributed by atoms with Crippen molar-refractivity contribution in [2.45, 2.75) is 18.8 Å². The molecule has 0 N–H and O–H groups in total. The van der Waals surface area contributed by atoms with Gasteiger partial charge in [-0.05, 0) is 11.0 Å². The molecule has 3 rings (SSSR count). The van der Waals surface area contributed by atoms with Crippen LogP contribution in [0.1, 0.15) is 5.69 Å². The molecule has 1 atom stereocenters. The number of nitro groups is 1. The summed E-state index contributed by atoms with van der Waals surface area (Å²) >= 11 is 0. The van der Waals surface area contributed by atoms with E-state index in [4.69, 9.17) is 9.47 Å². The van der Waals surface area contributed by atoms with Crippen LogP contribution < -0.4 is 9.47 Å². The molecule has 0 saturated heterocycles. The lowest BCUT2D eigenvalue weighted by Crippen LogP contribution is -2.34. The van der Waals surface area contributed by atoms with E-state index in [1.807, 2.05) is 0 Å². The summed E-state index contributed by atoms with van der Waals surface area (Å²) in [4.78, 5) is 17.0. The molecule has 2 aromatic rings. The minimum Gasteiger partial charge on any atom is -0.469 e. The van der Waals surface area contributed by atoms with Crippen molar-refractivity contribution in [1.82, 2.24) is 14.5 Å². The molecule has 11 heteroatoms. The maximum absolute atomic E-state index is 12.6. The zero-order chi connectivity index (χ0) is 16.6. The Kier molecular flexibility index (Phi) is 3.54. The topological polar surface area (TPSA) is 92.3 Å². The fourth-order valence-corrected chi connectivity index (χ4v) is 2.04. The van der Waals surface area contributed by atoms with Crippen LogP contribution in [-0.2, 0) is 12.7 Å². The quantitative estimate of drug-likeness (QED) is 0.632. The predicted molar refractivity (Wildman–Crippen MR) is 68.0 cm³/mol. The third kappa shape index (κ3) is 3.17. The molecular formula is C12H9F3N4O4. The Morgan fingerprint density at radius 1 is 1.39 bits per heavy atom. The number of alkyl halides is 3. The van der Waals surface area contributed by atoms with Crippen molar-refractivity contribution in [1.29, 1.82) is 0 Å². The molecule has 2 aromatic heterocycles. The van der Waals surface area contributed by atoms with Gasteiger partial charge in [-0.3, -0.25) is 4.57 Å². The molecule has 0 aliphatic carbocycles. The molecule has 3 heterocycles. The highest BCUT2D eigenvalue weighted by atomic mass is 19.4. The number of ether oxygens (including phenoxy) is 2.